The Morgan fingerprint density at radius 2 is 2.27 bits per heavy atom. The second-order valence-electron chi connectivity index (χ2n) is 3.61. The maximum atomic E-state index is 11.5. The van der Waals surface area contributed by atoms with Crippen LogP contribution in [0.3, 0.4) is 0 Å². The van der Waals surface area contributed by atoms with Gasteiger partial charge in [-0.2, -0.15) is 0 Å². The molecule has 2 aromatic rings. The van der Waals surface area contributed by atoms with Gasteiger partial charge in [0.2, 0.25) is 0 Å². The van der Waals surface area contributed by atoms with E-state index in [1.165, 1.54) is 0 Å². The van der Waals surface area contributed by atoms with Crippen molar-refractivity contribution in [3.63, 3.8) is 0 Å². The van der Waals surface area contributed by atoms with Crippen LogP contribution in [0.4, 0.5) is 0 Å². The van der Waals surface area contributed by atoms with Crippen molar-refractivity contribution < 1.29 is 4.79 Å². The number of nitrogens with zero attached hydrogens (tertiary/aromatic N) is 2. The first-order chi connectivity index (χ1) is 7.13. The minimum atomic E-state index is -0.117. The van der Waals surface area contributed by atoms with E-state index >= 15 is 0 Å². The molecule has 0 fully saturated rings. The summed E-state index contributed by atoms with van der Waals surface area (Å²) in [5.41, 5.74) is 8.57. The van der Waals surface area contributed by atoms with Gasteiger partial charge >= 0.3 is 0 Å². The number of hydrogen-bond donors (Lipinski definition) is 1. The van der Waals surface area contributed by atoms with Crippen molar-refractivity contribution >= 4 is 11.4 Å². The van der Waals surface area contributed by atoms with Crippen LogP contribution in [0.1, 0.15) is 21.7 Å². The van der Waals surface area contributed by atoms with Crippen LogP contribution in [0, 0.1) is 13.8 Å². The molecule has 2 heterocycles. The van der Waals surface area contributed by atoms with Gasteiger partial charge in [-0.1, -0.05) is 0 Å². The van der Waals surface area contributed by atoms with E-state index in [4.69, 9.17) is 5.73 Å². The molecule has 15 heavy (non-hydrogen) atoms. The molecule has 2 aromatic heterocycles. The molecule has 78 valence electrons. The van der Waals surface area contributed by atoms with Gasteiger partial charge < -0.3 is 10.1 Å². The molecule has 0 aliphatic carbocycles. The van der Waals surface area contributed by atoms with Gasteiger partial charge in [-0.3, -0.25) is 4.79 Å². The number of carbonyl (C=O) groups excluding carboxylic acids is 1. The first kappa shape index (κ1) is 9.86. The average molecular weight is 203 g/mol. The zero-order chi connectivity index (χ0) is 11.0. The number of carbonyl (C=O) groups is 1. The van der Waals surface area contributed by atoms with Crippen LogP contribution in [-0.2, 0) is 0 Å². The summed E-state index contributed by atoms with van der Waals surface area (Å²) in [5.74, 6) is -0.117. The van der Waals surface area contributed by atoms with Crippen molar-refractivity contribution in [1.82, 2.24) is 9.38 Å². The predicted molar refractivity (Wildman–Crippen MR) is 58.1 cm³/mol. The summed E-state index contributed by atoms with van der Waals surface area (Å²) in [6.45, 7) is 3.87. The molecule has 0 aliphatic heterocycles. The number of Topliss-reactive ketones (excluding diaryl/α,β-unsaturated/α-hetero) is 1. The van der Waals surface area contributed by atoms with Crippen LogP contribution in [0.15, 0.2) is 18.3 Å². The van der Waals surface area contributed by atoms with Crippen molar-refractivity contribution in [2.75, 3.05) is 6.54 Å². The van der Waals surface area contributed by atoms with Crippen LogP contribution in [0.25, 0.3) is 5.65 Å². The van der Waals surface area contributed by atoms with Gasteiger partial charge in [-0.25, -0.2) is 4.98 Å². The molecule has 0 amide bonds. The van der Waals surface area contributed by atoms with E-state index < -0.39 is 0 Å². The van der Waals surface area contributed by atoms with Crippen molar-refractivity contribution in [2.45, 2.75) is 13.8 Å². The Morgan fingerprint density at radius 3 is 2.93 bits per heavy atom. The van der Waals surface area contributed by atoms with Gasteiger partial charge in [0.1, 0.15) is 11.3 Å². The highest BCUT2D eigenvalue weighted by Crippen LogP contribution is 2.13. The zero-order valence-electron chi connectivity index (χ0n) is 8.82. The number of fused-ring (bicyclic) bond motifs is 1. The number of hydrogen-bond acceptors (Lipinski definition) is 3. The zero-order valence-corrected chi connectivity index (χ0v) is 8.82. The quantitative estimate of drug-likeness (QED) is 0.743. The van der Waals surface area contributed by atoms with Gasteiger partial charge in [0, 0.05) is 6.20 Å². The van der Waals surface area contributed by atoms with E-state index in [1.807, 2.05) is 36.6 Å². The first-order valence-electron chi connectivity index (χ1n) is 4.82. The molecule has 2 N–H and O–H groups in total. The highest BCUT2D eigenvalue weighted by atomic mass is 16.1. The number of aryl methyl sites for hydroxylation is 2. The first-order valence-corrected chi connectivity index (χ1v) is 4.82. The van der Waals surface area contributed by atoms with Gasteiger partial charge in [0.05, 0.1) is 12.2 Å². The highest BCUT2D eigenvalue weighted by molar-refractivity contribution is 5.97. The minimum absolute atomic E-state index is 0.00367. The summed E-state index contributed by atoms with van der Waals surface area (Å²) >= 11 is 0. The molecule has 0 atom stereocenters. The molecule has 4 nitrogen and oxygen atoms in total. The molecule has 0 aliphatic rings. The third-order valence-corrected chi connectivity index (χ3v) is 2.47. The maximum absolute atomic E-state index is 11.5. The third-order valence-electron chi connectivity index (χ3n) is 2.47. The fourth-order valence-electron chi connectivity index (χ4n) is 1.63. The molecule has 0 saturated carbocycles. The summed E-state index contributed by atoms with van der Waals surface area (Å²) < 4.78 is 1.90. The predicted octanol–water partition coefficient (Wildman–Crippen LogP) is 1.09. The summed E-state index contributed by atoms with van der Waals surface area (Å²) in [5, 5.41) is 0. The molecule has 0 unspecified atom stereocenters. The van der Waals surface area contributed by atoms with E-state index in [-0.39, 0.29) is 12.3 Å². The lowest BCUT2D eigenvalue weighted by Crippen LogP contribution is -2.15. The number of pyridine rings is 1. The maximum Gasteiger partial charge on any atom is 0.196 e. The van der Waals surface area contributed by atoms with Crippen molar-refractivity contribution in [2.24, 2.45) is 5.73 Å². The molecular formula is C11H13N3O. The van der Waals surface area contributed by atoms with Gasteiger partial charge in [0.25, 0.3) is 0 Å². The smallest absolute Gasteiger partial charge is 0.196 e. The summed E-state index contributed by atoms with van der Waals surface area (Å²) in [6.07, 6.45) is 1.92. The second-order valence-corrected chi connectivity index (χ2v) is 3.61. The Balaban J connectivity index is 2.69. The number of imidazole rings is 1. The SMILES string of the molecule is Cc1ccn2c(C)c(C(=O)CN)nc2c1. The molecule has 0 saturated heterocycles. The van der Waals surface area contributed by atoms with E-state index in [1.54, 1.807) is 0 Å². The molecule has 0 bridgehead atoms. The number of aromatic nitrogens is 2. The van der Waals surface area contributed by atoms with Crippen LogP contribution < -0.4 is 5.73 Å². The summed E-state index contributed by atoms with van der Waals surface area (Å²) in [4.78, 5) is 15.8. The number of ketones is 1. The number of nitrogens with two attached hydrogens (primary N) is 1. The lowest BCUT2D eigenvalue weighted by Gasteiger charge is -1.97. The Hall–Kier alpha value is -1.68. The van der Waals surface area contributed by atoms with E-state index in [9.17, 15) is 4.79 Å². The van der Waals surface area contributed by atoms with E-state index in [0.29, 0.717) is 5.69 Å². The Bertz CT molecular complexity index is 528. The lowest BCUT2D eigenvalue weighted by atomic mass is 10.2. The largest absolute Gasteiger partial charge is 0.324 e. The fraction of sp³-hybridized carbons (Fsp3) is 0.273. The number of rotatable bonds is 2. The van der Waals surface area contributed by atoms with Crippen molar-refractivity contribution in [3.8, 4) is 0 Å². The summed E-state index contributed by atoms with van der Waals surface area (Å²) in [6, 6.07) is 3.93. The fourth-order valence-corrected chi connectivity index (χ4v) is 1.63. The lowest BCUT2D eigenvalue weighted by molar-refractivity contribution is 0.0996. The molecular weight excluding hydrogens is 190 g/mol. The Kier molecular flexibility index (Phi) is 2.28. The minimum Gasteiger partial charge on any atom is -0.324 e. The average Bonchev–Trinajstić information content (AvgIpc) is 2.54. The van der Waals surface area contributed by atoms with E-state index in [0.717, 1.165) is 16.9 Å². The van der Waals surface area contributed by atoms with Gasteiger partial charge in [-0.15, -0.1) is 0 Å². The summed E-state index contributed by atoms with van der Waals surface area (Å²) in [7, 11) is 0. The van der Waals surface area contributed by atoms with Gasteiger partial charge in [0.15, 0.2) is 5.78 Å². The normalized spacial score (nSPS) is 10.9. The monoisotopic (exact) mass is 203 g/mol. The molecule has 0 radical (unpaired) electrons. The Morgan fingerprint density at radius 1 is 1.53 bits per heavy atom. The molecule has 2 rings (SSSR count). The Labute approximate surface area is 87.7 Å². The standard InChI is InChI=1S/C11H13N3O/c1-7-3-4-14-8(2)11(9(15)6-12)13-10(14)5-7/h3-5H,6,12H2,1-2H3. The van der Waals surface area contributed by atoms with Crippen LogP contribution in [-0.4, -0.2) is 21.7 Å². The highest BCUT2D eigenvalue weighted by Gasteiger charge is 2.13. The third kappa shape index (κ3) is 1.53. The molecule has 0 aromatic carbocycles. The van der Waals surface area contributed by atoms with Crippen LogP contribution in [0.5, 0.6) is 0 Å². The van der Waals surface area contributed by atoms with E-state index in [2.05, 4.69) is 4.98 Å². The molecule has 0 spiro atoms. The van der Waals surface area contributed by atoms with Crippen LogP contribution >= 0.6 is 0 Å². The topological polar surface area (TPSA) is 60.4 Å². The van der Waals surface area contributed by atoms with Gasteiger partial charge in [-0.05, 0) is 31.5 Å². The van der Waals surface area contributed by atoms with Crippen molar-refractivity contribution in [1.29, 1.82) is 0 Å². The van der Waals surface area contributed by atoms with Crippen molar-refractivity contribution in [3.05, 3.63) is 35.3 Å². The molecule has 4 heteroatoms. The van der Waals surface area contributed by atoms with Crippen LogP contribution in [0.2, 0.25) is 0 Å². The second kappa shape index (κ2) is 3.47.